The van der Waals surface area contributed by atoms with Crippen LogP contribution in [0.2, 0.25) is 0 Å². The first-order valence-electron chi connectivity index (χ1n) is 8.44. The molecule has 4 rings (SSSR count). The molecule has 0 spiro atoms. The summed E-state index contributed by atoms with van der Waals surface area (Å²) in [5, 5.41) is 16.4. The zero-order chi connectivity index (χ0) is 18.1. The molecule has 0 radical (unpaired) electrons. The van der Waals surface area contributed by atoms with E-state index in [4.69, 9.17) is 0 Å². The van der Waals surface area contributed by atoms with E-state index in [1.807, 2.05) is 47.3 Å². The van der Waals surface area contributed by atoms with E-state index in [1.165, 1.54) is 12.1 Å². The quantitative estimate of drug-likeness (QED) is 0.601. The molecule has 7 heteroatoms. The summed E-state index contributed by atoms with van der Waals surface area (Å²) in [7, 11) is 0. The van der Waals surface area contributed by atoms with E-state index in [9.17, 15) is 4.39 Å². The number of hydrogen-bond donors (Lipinski definition) is 1. The van der Waals surface area contributed by atoms with Crippen molar-refractivity contribution in [2.45, 2.75) is 26.9 Å². The van der Waals surface area contributed by atoms with Crippen molar-refractivity contribution in [3.8, 4) is 5.69 Å². The molecule has 26 heavy (non-hydrogen) atoms. The van der Waals surface area contributed by atoms with Crippen molar-refractivity contribution in [2.75, 3.05) is 0 Å². The summed E-state index contributed by atoms with van der Waals surface area (Å²) < 4.78 is 17.0. The number of halogens is 1. The second kappa shape index (κ2) is 6.68. The topological polar surface area (TPSA) is 60.0 Å². The Labute approximate surface area is 150 Å². The van der Waals surface area contributed by atoms with Crippen LogP contribution in [0.15, 0.2) is 48.7 Å². The van der Waals surface area contributed by atoms with E-state index >= 15 is 0 Å². The summed E-state index contributed by atoms with van der Waals surface area (Å²) in [6, 6.07) is 12.2. The fraction of sp³-hybridized carbons (Fsp3) is 0.211. The first kappa shape index (κ1) is 16.4. The first-order valence-corrected chi connectivity index (χ1v) is 8.44. The number of hydrogen-bond acceptors (Lipinski definition) is 4. The van der Waals surface area contributed by atoms with Gasteiger partial charge in [-0.2, -0.15) is 5.10 Å². The van der Waals surface area contributed by atoms with Gasteiger partial charge in [0.05, 0.1) is 17.9 Å². The summed E-state index contributed by atoms with van der Waals surface area (Å²) >= 11 is 0. The van der Waals surface area contributed by atoms with Gasteiger partial charge in [0.2, 0.25) is 0 Å². The molecule has 0 aliphatic carbocycles. The fourth-order valence-electron chi connectivity index (χ4n) is 3.08. The van der Waals surface area contributed by atoms with Gasteiger partial charge >= 0.3 is 0 Å². The van der Waals surface area contributed by atoms with Crippen molar-refractivity contribution in [3.63, 3.8) is 0 Å². The van der Waals surface area contributed by atoms with Gasteiger partial charge < -0.3 is 5.32 Å². The average Bonchev–Trinajstić information content (AvgIpc) is 3.18. The van der Waals surface area contributed by atoms with Crippen molar-refractivity contribution in [1.29, 1.82) is 0 Å². The van der Waals surface area contributed by atoms with Crippen molar-refractivity contribution >= 4 is 5.65 Å². The van der Waals surface area contributed by atoms with Gasteiger partial charge in [-0.3, -0.25) is 4.40 Å². The Bertz CT molecular complexity index is 1050. The van der Waals surface area contributed by atoms with E-state index in [2.05, 4.69) is 20.6 Å². The summed E-state index contributed by atoms with van der Waals surface area (Å²) in [6.07, 6.45) is 1.95. The highest BCUT2D eigenvalue weighted by atomic mass is 19.1. The maximum atomic E-state index is 13.1. The van der Waals surface area contributed by atoms with Crippen LogP contribution in [-0.4, -0.2) is 24.4 Å². The second-order valence-electron chi connectivity index (χ2n) is 6.19. The lowest BCUT2D eigenvalue weighted by atomic mass is 10.2. The van der Waals surface area contributed by atoms with Crippen molar-refractivity contribution < 1.29 is 4.39 Å². The van der Waals surface area contributed by atoms with E-state index in [0.717, 1.165) is 34.1 Å². The van der Waals surface area contributed by atoms with Crippen LogP contribution in [-0.2, 0) is 13.1 Å². The van der Waals surface area contributed by atoms with Crippen molar-refractivity contribution in [2.24, 2.45) is 0 Å². The standard InChI is InChI=1S/C19H19FN6/c1-13-17(14(2)26(24-13)16-8-6-15(20)7-9-16)11-21-12-19-23-22-18-5-3-4-10-25(18)19/h3-10,21H,11-12H2,1-2H3. The molecule has 1 aromatic carbocycles. The highest BCUT2D eigenvalue weighted by Gasteiger charge is 2.13. The monoisotopic (exact) mass is 350 g/mol. The SMILES string of the molecule is Cc1nn(-c2ccc(F)cc2)c(C)c1CNCc1nnc2ccccn12. The number of aryl methyl sites for hydroxylation is 1. The number of nitrogens with zero attached hydrogens (tertiary/aromatic N) is 5. The summed E-state index contributed by atoms with van der Waals surface area (Å²) in [4.78, 5) is 0. The van der Waals surface area contributed by atoms with E-state index in [1.54, 1.807) is 12.1 Å². The van der Waals surface area contributed by atoms with E-state index < -0.39 is 0 Å². The molecule has 0 aliphatic rings. The molecule has 4 aromatic rings. The molecule has 132 valence electrons. The molecule has 0 amide bonds. The third-order valence-corrected chi connectivity index (χ3v) is 4.48. The molecule has 6 nitrogen and oxygen atoms in total. The Morgan fingerprint density at radius 3 is 2.62 bits per heavy atom. The predicted octanol–water partition coefficient (Wildman–Crippen LogP) is 2.96. The van der Waals surface area contributed by atoms with Crippen molar-refractivity contribution in [3.05, 3.63) is 77.3 Å². The summed E-state index contributed by atoms with van der Waals surface area (Å²) in [6.45, 7) is 5.27. The minimum absolute atomic E-state index is 0.252. The van der Waals surface area contributed by atoms with Gasteiger partial charge in [-0.05, 0) is 50.2 Å². The minimum Gasteiger partial charge on any atom is -0.306 e. The highest BCUT2D eigenvalue weighted by Crippen LogP contribution is 2.18. The van der Waals surface area contributed by atoms with Crippen LogP contribution in [0, 0.1) is 19.7 Å². The van der Waals surface area contributed by atoms with Crippen molar-refractivity contribution in [1.82, 2.24) is 29.7 Å². The summed E-state index contributed by atoms with van der Waals surface area (Å²) in [5.41, 5.74) is 4.80. The molecular weight excluding hydrogens is 331 g/mol. The van der Waals surface area contributed by atoms with E-state index in [0.29, 0.717) is 13.1 Å². The predicted molar refractivity (Wildman–Crippen MR) is 96.5 cm³/mol. The van der Waals surface area contributed by atoms with Gasteiger partial charge in [0.1, 0.15) is 5.82 Å². The Morgan fingerprint density at radius 1 is 1.00 bits per heavy atom. The Hall–Kier alpha value is -3.06. The molecule has 3 heterocycles. The molecule has 0 atom stereocenters. The highest BCUT2D eigenvalue weighted by molar-refractivity contribution is 5.38. The third-order valence-electron chi connectivity index (χ3n) is 4.48. The molecular formula is C19H19FN6. The number of rotatable bonds is 5. The van der Waals surface area contributed by atoms with Gasteiger partial charge in [0, 0.05) is 24.0 Å². The molecule has 0 unspecified atom stereocenters. The number of nitrogens with one attached hydrogen (secondary N) is 1. The van der Waals surface area contributed by atoms with Crippen LogP contribution < -0.4 is 5.32 Å². The van der Waals surface area contributed by atoms with Crippen LogP contribution in [0.25, 0.3) is 11.3 Å². The van der Waals surface area contributed by atoms with Crippen LogP contribution in [0.3, 0.4) is 0 Å². The Balaban J connectivity index is 1.51. The van der Waals surface area contributed by atoms with Gasteiger partial charge in [0.25, 0.3) is 0 Å². The Kier molecular flexibility index (Phi) is 4.22. The average molecular weight is 350 g/mol. The number of pyridine rings is 1. The van der Waals surface area contributed by atoms with Crippen LogP contribution >= 0.6 is 0 Å². The van der Waals surface area contributed by atoms with Crippen LogP contribution in [0.1, 0.15) is 22.8 Å². The van der Waals surface area contributed by atoms with Gasteiger partial charge in [-0.15, -0.1) is 10.2 Å². The maximum absolute atomic E-state index is 13.1. The minimum atomic E-state index is -0.252. The fourth-order valence-corrected chi connectivity index (χ4v) is 3.08. The lowest BCUT2D eigenvalue weighted by molar-refractivity contribution is 0.626. The second-order valence-corrected chi connectivity index (χ2v) is 6.19. The number of fused-ring (bicyclic) bond motifs is 1. The Morgan fingerprint density at radius 2 is 1.81 bits per heavy atom. The zero-order valence-corrected chi connectivity index (χ0v) is 14.6. The third kappa shape index (κ3) is 2.97. The van der Waals surface area contributed by atoms with Gasteiger partial charge in [-0.1, -0.05) is 6.07 Å². The molecule has 0 saturated carbocycles. The molecule has 0 bridgehead atoms. The molecule has 0 fully saturated rings. The van der Waals surface area contributed by atoms with E-state index in [-0.39, 0.29) is 5.82 Å². The largest absolute Gasteiger partial charge is 0.306 e. The molecule has 1 N–H and O–H groups in total. The zero-order valence-electron chi connectivity index (χ0n) is 14.6. The van der Waals surface area contributed by atoms with Gasteiger partial charge in [0.15, 0.2) is 11.5 Å². The lowest BCUT2D eigenvalue weighted by Crippen LogP contribution is -2.16. The normalized spacial score (nSPS) is 11.3. The number of benzene rings is 1. The van der Waals surface area contributed by atoms with Crippen LogP contribution in [0.4, 0.5) is 4.39 Å². The van der Waals surface area contributed by atoms with Crippen LogP contribution in [0.5, 0.6) is 0 Å². The lowest BCUT2D eigenvalue weighted by Gasteiger charge is -2.07. The molecule has 3 aromatic heterocycles. The smallest absolute Gasteiger partial charge is 0.160 e. The van der Waals surface area contributed by atoms with Gasteiger partial charge in [-0.25, -0.2) is 9.07 Å². The first-order chi connectivity index (χ1) is 12.6. The molecule has 0 aliphatic heterocycles. The summed E-state index contributed by atoms with van der Waals surface area (Å²) in [5.74, 6) is 0.611. The maximum Gasteiger partial charge on any atom is 0.160 e. The number of aromatic nitrogens is 5. The molecule has 0 saturated heterocycles.